The van der Waals surface area contributed by atoms with Gasteiger partial charge in [-0.2, -0.15) is 0 Å². The Morgan fingerprint density at radius 1 is 1.43 bits per heavy atom. The van der Waals surface area contributed by atoms with E-state index in [4.69, 9.17) is 9.47 Å². The minimum atomic E-state index is -0.897. The van der Waals surface area contributed by atoms with Crippen molar-refractivity contribution in [2.24, 2.45) is 5.92 Å². The zero-order valence-electron chi connectivity index (χ0n) is 14.6. The van der Waals surface area contributed by atoms with Crippen molar-refractivity contribution in [1.29, 1.82) is 0 Å². The van der Waals surface area contributed by atoms with Crippen LogP contribution < -0.4 is 10.6 Å². The van der Waals surface area contributed by atoms with Crippen LogP contribution in [0, 0.1) is 5.92 Å². The highest BCUT2D eigenvalue weighted by molar-refractivity contribution is 6.33. The Kier molecular flexibility index (Phi) is 6.90. The maximum atomic E-state index is 12.0. The molecular weight excluding hydrogens is 299 g/mol. The molecule has 2 N–H and O–H groups in total. The van der Waals surface area contributed by atoms with Crippen LogP contribution in [0.25, 0.3) is 0 Å². The first kappa shape index (κ1) is 19.3. The summed E-state index contributed by atoms with van der Waals surface area (Å²) in [6, 6.07) is -0.761. The van der Waals surface area contributed by atoms with Crippen LogP contribution in [0.2, 0.25) is 13.1 Å². The van der Waals surface area contributed by atoms with Crippen LogP contribution in [0.5, 0.6) is 0 Å². The molecule has 1 unspecified atom stereocenters. The van der Waals surface area contributed by atoms with Crippen molar-refractivity contribution in [3.63, 3.8) is 0 Å². The summed E-state index contributed by atoms with van der Waals surface area (Å²) >= 11 is 0. The highest BCUT2D eigenvalue weighted by atomic mass is 16.6. The number of amides is 2. The minimum absolute atomic E-state index is 0.0802. The molecule has 2 amide bonds. The van der Waals surface area contributed by atoms with E-state index in [0.29, 0.717) is 6.42 Å². The molecule has 130 valence electrons. The van der Waals surface area contributed by atoms with Crippen LogP contribution >= 0.6 is 0 Å². The summed E-state index contributed by atoms with van der Waals surface area (Å²) in [5.41, 5.74) is -0.665. The zero-order chi connectivity index (χ0) is 17.6. The number of carbonyl (C=O) groups excluding carboxylic acids is 3. The second kappa shape index (κ2) is 8.22. The van der Waals surface area contributed by atoms with Gasteiger partial charge in [0, 0.05) is 12.0 Å². The van der Waals surface area contributed by atoms with E-state index < -0.39 is 23.7 Å². The van der Waals surface area contributed by atoms with Gasteiger partial charge in [0.1, 0.15) is 18.9 Å². The maximum Gasteiger partial charge on any atom is 0.408 e. The first-order valence-corrected chi connectivity index (χ1v) is 8.04. The number of rotatable bonds is 6. The third-order valence-electron chi connectivity index (χ3n) is 3.62. The Labute approximate surface area is 138 Å². The molecule has 0 aromatic carbocycles. The standard InChI is InChI=1S/C15H27BN2O5/c1-15(2,3)23-14(21)18-11(13(20)22-5)7-9-6-10(8-16-4)17-12(9)19/h9-11,16H,6-8H2,1-5H3,(H,17,19)(H,18,21)/t9-,10?,11-/m0/s1. The summed E-state index contributed by atoms with van der Waals surface area (Å²) in [4.78, 5) is 35.8. The molecule has 1 saturated heterocycles. The van der Waals surface area contributed by atoms with Gasteiger partial charge in [-0.05, 0) is 33.6 Å². The Hall–Kier alpha value is -1.73. The van der Waals surface area contributed by atoms with Crippen LogP contribution in [-0.4, -0.2) is 50.0 Å². The number of esters is 1. The lowest BCUT2D eigenvalue weighted by Crippen LogP contribution is -2.45. The number of ether oxygens (including phenoxy) is 2. The molecule has 1 aliphatic rings. The molecule has 1 rings (SSSR count). The number of alkyl carbamates (subject to hydrolysis) is 1. The van der Waals surface area contributed by atoms with Crippen molar-refractivity contribution in [3.05, 3.63) is 0 Å². The van der Waals surface area contributed by atoms with Gasteiger partial charge in [-0.15, -0.1) is 0 Å². The zero-order valence-corrected chi connectivity index (χ0v) is 14.6. The van der Waals surface area contributed by atoms with Gasteiger partial charge in [0.25, 0.3) is 0 Å². The molecule has 23 heavy (non-hydrogen) atoms. The number of nitrogens with one attached hydrogen (secondary N) is 2. The molecule has 3 atom stereocenters. The van der Waals surface area contributed by atoms with Gasteiger partial charge in [-0.1, -0.05) is 13.1 Å². The van der Waals surface area contributed by atoms with Crippen LogP contribution in [0.15, 0.2) is 0 Å². The van der Waals surface area contributed by atoms with Crippen molar-refractivity contribution in [2.75, 3.05) is 7.11 Å². The van der Waals surface area contributed by atoms with E-state index in [9.17, 15) is 14.4 Å². The van der Waals surface area contributed by atoms with E-state index in [0.717, 1.165) is 13.6 Å². The van der Waals surface area contributed by atoms with Crippen molar-refractivity contribution >= 4 is 25.2 Å². The van der Waals surface area contributed by atoms with Gasteiger partial charge in [0.15, 0.2) is 0 Å². The van der Waals surface area contributed by atoms with E-state index in [1.54, 1.807) is 20.8 Å². The predicted octanol–water partition coefficient (Wildman–Crippen LogP) is 0.850. The van der Waals surface area contributed by atoms with Gasteiger partial charge >= 0.3 is 12.1 Å². The topological polar surface area (TPSA) is 93.7 Å². The molecule has 0 saturated carbocycles. The third kappa shape index (κ3) is 6.50. The van der Waals surface area contributed by atoms with Crippen molar-refractivity contribution in [3.8, 4) is 0 Å². The largest absolute Gasteiger partial charge is 0.467 e. The highest BCUT2D eigenvalue weighted by Crippen LogP contribution is 2.23. The smallest absolute Gasteiger partial charge is 0.408 e. The molecule has 0 aliphatic carbocycles. The van der Waals surface area contributed by atoms with Crippen LogP contribution in [0.1, 0.15) is 33.6 Å². The van der Waals surface area contributed by atoms with Gasteiger partial charge in [0.05, 0.1) is 7.11 Å². The Bertz CT molecular complexity index is 450. The second-order valence-corrected chi connectivity index (χ2v) is 6.88. The fourth-order valence-corrected chi connectivity index (χ4v) is 2.66. The van der Waals surface area contributed by atoms with Gasteiger partial charge in [0.2, 0.25) is 5.91 Å². The van der Waals surface area contributed by atoms with Crippen LogP contribution in [0.3, 0.4) is 0 Å². The van der Waals surface area contributed by atoms with Crippen LogP contribution in [-0.2, 0) is 19.1 Å². The third-order valence-corrected chi connectivity index (χ3v) is 3.62. The fraction of sp³-hybridized carbons (Fsp3) is 0.800. The normalized spacial score (nSPS) is 22.0. The molecule has 1 heterocycles. The van der Waals surface area contributed by atoms with E-state index in [2.05, 4.69) is 17.5 Å². The average molecular weight is 326 g/mol. The summed E-state index contributed by atoms with van der Waals surface area (Å²) in [5, 5.41) is 5.43. The molecule has 1 aliphatic heterocycles. The summed E-state index contributed by atoms with van der Waals surface area (Å²) in [5.74, 6) is -0.975. The molecule has 1 fully saturated rings. The SMILES string of the molecule is CBCC1C[C@@H](C[C@H](NC(=O)OC(C)(C)C)C(=O)OC)C(=O)N1. The minimum Gasteiger partial charge on any atom is -0.467 e. The van der Waals surface area contributed by atoms with Gasteiger partial charge < -0.3 is 20.1 Å². The molecular formula is C15H27BN2O5. The predicted molar refractivity (Wildman–Crippen MR) is 87.6 cm³/mol. The van der Waals surface area contributed by atoms with E-state index in [1.165, 1.54) is 7.11 Å². The van der Waals surface area contributed by atoms with Crippen molar-refractivity contribution in [2.45, 2.75) is 64.4 Å². The first-order valence-electron chi connectivity index (χ1n) is 8.04. The molecule has 0 bridgehead atoms. The monoisotopic (exact) mass is 326 g/mol. The number of carbonyl (C=O) groups is 3. The van der Waals surface area contributed by atoms with Crippen molar-refractivity contribution in [1.82, 2.24) is 10.6 Å². The Morgan fingerprint density at radius 2 is 2.09 bits per heavy atom. The number of hydrogen-bond donors (Lipinski definition) is 2. The van der Waals surface area contributed by atoms with Gasteiger partial charge in [-0.3, -0.25) is 4.79 Å². The Morgan fingerprint density at radius 3 is 2.61 bits per heavy atom. The van der Waals surface area contributed by atoms with Gasteiger partial charge in [-0.25, -0.2) is 9.59 Å². The molecule has 0 spiro atoms. The summed E-state index contributed by atoms with van der Waals surface area (Å²) in [6.07, 6.45) is 1.08. The number of methoxy groups -OCH3 is 1. The Balaban J connectivity index is 2.67. The molecule has 8 heteroatoms. The fourth-order valence-electron chi connectivity index (χ4n) is 2.66. The van der Waals surface area contributed by atoms with E-state index in [1.807, 2.05) is 0 Å². The summed E-state index contributed by atoms with van der Waals surface area (Å²) in [6.45, 7) is 7.26. The lowest BCUT2D eigenvalue weighted by molar-refractivity contribution is -0.143. The molecule has 0 radical (unpaired) electrons. The average Bonchev–Trinajstić information content (AvgIpc) is 2.75. The quantitative estimate of drug-likeness (QED) is 0.557. The summed E-state index contributed by atoms with van der Waals surface area (Å²) in [7, 11) is 2.23. The second-order valence-electron chi connectivity index (χ2n) is 6.88. The lowest BCUT2D eigenvalue weighted by Gasteiger charge is -2.23. The van der Waals surface area contributed by atoms with E-state index in [-0.39, 0.29) is 24.3 Å². The first-order chi connectivity index (χ1) is 10.7. The molecule has 0 aromatic rings. The maximum absolute atomic E-state index is 12.0. The lowest BCUT2D eigenvalue weighted by atomic mass is 9.74. The molecule has 0 aromatic heterocycles. The van der Waals surface area contributed by atoms with Crippen molar-refractivity contribution < 1.29 is 23.9 Å². The highest BCUT2D eigenvalue weighted by Gasteiger charge is 2.36. The van der Waals surface area contributed by atoms with Crippen LogP contribution in [0.4, 0.5) is 4.79 Å². The summed E-state index contributed by atoms with van der Waals surface area (Å²) < 4.78 is 9.88. The number of hydrogen-bond acceptors (Lipinski definition) is 5. The van der Waals surface area contributed by atoms with E-state index >= 15 is 0 Å². The molecule has 7 nitrogen and oxygen atoms in total.